The van der Waals surface area contributed by atoms with Crippen LogP contribution in [-0.4, -0.2) is 38.5 Å². The quantitative estimate of drug-likeness (QED) is 0.720. The number of aromatic nitrogens is 4. The van der Waals surface area contributed by atoms with Crippen LogP contribution in [0, 0.1) is 12.8 Å². The first-order valence-corrected chi connectivity index (χ1v) is 11.0. The zero-order chi connectivity index (χ0) is 20.5. The summed E-state index contributed by atoms with van der Waals surface area (Å²) in [6, 6.07) is 7.96. The molecule has 4 heterocycles. The SMILES string of the molecule is Cc1cccc(NC(=O)C2CCN(c3ncnc4c3nc3n4CCCCC3)CC2)c1. The van der Waals surface area contributed by atoms with Crippen LogP contribution in [0.1, 0.15) is 43.5 Å². The molecule has 0 radical (unpaired) electrons. The van der Waals surface area contributed by atoms with Gasteiger partial charge in [-0.25, -0.2) is 15.0 Å². The second-order valence-corrected chi connectivity index (χ2v) is 8.48. The first kappa shape index (κ1) is 19.0. The van der Waals surface area contributed by atoms with Gasteiger partial charge in [-0.1, -0.05) is 18.6 Å². The number of nitrogens with one attached hydrogen (secondary N) is 1. The Hall–Kier alpha value is -2.96. The fourth-order valence-corrected chi connectivity index (χ4v) is 4.68. The van der Waals surface area contributed by atoms with E-state index < -0.39 is 0 Å². The number of hydrogen-bond donors (Lipinski definition) is 1. The number of fused-ring (bicyclic) bond motifs is 3. The molecule has 3 aromatic rings. The summed E-state index contributed by atoms with van der Waals surface area (Å²) in [4.78, 5) is 29.1. The smallest absolute Gasteiger partial charge is 0.227 e. The Morgan fingerprint density at radius 1 is 1.10 bits per heavy atom. The Balaban J connectivity index is 1.30. The van der Waals surface area contributed by atoms with Crippen LogP contribution in [-0.2, 0) is 17.8 Å². The van der Waals surface area contributed by atoms with Crippen molar-refractivity contribution < 1.29 is 4.79 Å². The first-order chi connectivity index (χ1) is 14.7. The van der Waals surface area contributed by atoms with E-state index in [1.54, 1.807) is 6.33 Å². The Morgan fingerprint density at radius 2 is 1.97 bits per heavy atom. The lowest BCUT2D eigenvalue weighted by Gasteiger charge is -2.32. The highest BCUT2D eigenvalue weighted by Gasteiger charge is 2.28. The largest absolute Gasteiger partial charge is 0.355 e. The van der Waals surface area contributed by atoms with Crippen LogP contribution < -0.4 is 10.2 Å². The van der Waals surface area contributed by atoms with Gasteiger partial charge in [-0.05, 0) is 50.3 Å². The lowest BCUT2D eigenvalue weighted by Crippen LogP contribution is -2.38. The molecule has 1 N–H and O–H groups in total. The molecule has 0 bridgehead atoms. The Bertz CT molecular complexity index is 1070. The van der Waals surface area contributed by atoms with Crippen molar-refractivity contribution in [2.45, 2.75) is 52.0 Å². The van der Waals surface area contributed by atoms with Crippen LogP contribution >= 0.6 is 0 Å². The molecule has 2 aromatic heterocycles. The summed E-state index contributed by atoms with van der Waals surface area (Å²) in [5.41, 5.74) is 3.89. The van der Waals surface area contributed by atoms with Crippen molar-refractivity contribution in [3.8, 4) is 0 Å². The minimum atomic E-state index is 0.0257. The highest BCUT2D eigenvalue weighted by molar-refractivity contribution is 5.93. The number of nitrogens with zero attached hydrogens (tertiary/aromatic N) is 5. The molecular weight excluding hydrogens is 376 g/mol. The van der Waals surface area contributed by atoms with E-state index in [1.165, 1.54) is 19.3 Å². The van der Waals surface area contributed by atoms with Gasteiger partial charge in [-0.3, -0.25) is 4.79 Å². The van der Waals surface area contributed by atoms with E-state index in [1.807, 2.05) is 31.2 Å². The third-order valence-electron chi connectivity index (χ3n) is 6.32. The van der Waals surface area contributed by atoms with Gasteiger partial charge in [0.25, 0.3) is 0 Å². The molecule has 5 rings (SSSR count). The van der Waals surface area contributed by atoms with E-state index in [9.17, 15) is 4.79 Å². The molecule has 30 heavy (non-hydrogen) atoms. The molecule has 1 amide bonds. The molecule has 7 nitrogen and oxygen atoms in total. The molecule has 0 aliphatic carbocycles. The summed E-state index contributed by atoms with van der Waals surface area (Å²) < 4.78 is 2.27. The lowest BCUT2D eigenvalue weighted by molar-refractivity contribution is -0.120. The van der Waals surface area contributed by atoms with E-state index in [2.05, 4.69) is 24.8 Å². The average molecular weight is 405 g/mol. The number of hydrogen-bond acceptors (Lipinski definition) is 5. The minimum Gasteiger partial charge on any atom is -0.355 e. The second-order valence-electron chi connectivity index (χ2n) is 8.48. The number of benzene rings is 1. The molecule has 0 atom stereocenters. The number of carbonyl (C=O) groups is 1. The number of carbonyl (C=O) groups excluding carboxylic acids is 1. The van der Waals surface area contributed by atoms with Crippen molar-refractivity contribution in [3.63, 3.8) is 0 Å². The molecular formula is C23H28N6O. The maximum atomic E-state index is 12.7. The van der Waals surface area contributed by atoms with Crippen molar-refractivity contribution in [2.24, 2.45) is 5.92 Å². The number of anilines is 2. The Labute approximate surface area is 176 Å². The van der Waals surface area contributed by atoms with Crippen molar-refractivity contribution >= 4 is 28.6 Å². The van der Waals surface area contributed by atoms with Gasteiger partial charge in [0, 0.05) is 37.7 Å². The molecule has 1 fully saturated rings. The fourth-order valence-electron chi connectivity index (χ4n) is 4.68. The van der Waals surface area contributed by atoms with Crippen LogP contribution in [0.5, 0.6) is 0 Å². The van der Waals surface area contributed by atoms with Crippen molar-refractivity contribution in [1.29, 1.82) is 0 Å². The van der Waals surface area contributed by atoms with Crippen molar-refractivity contribution in [1.82, 2.24) is 19.5 Å². The van der Waals surface area contributed by atoms with E-state index in [0.29, 0.717) is 0 Å². The summed E-state index contributed by atoms with van der Waals surface area (Å²) in [6.45, 7) is 4.63. The molecule has 0 spiro atoms. The molecule has 0 unspecified atom stereocenters. The summed E-state index contributed by atoms with van der Waals surface area (Å²) in [6.07, 6.45) is 7.92. The summed E-state index contributed by atoms with van der Waals surface area (Å²) in [5.74, 6) is 2.19. The van der Waals surface area contributed by atoms with Crippen molar-refractivity contribution in [3.05, 3.63) is 42.0 Å². The van der Waals surface area contributed by atoms with Gasteiger partial charge in [0.2, 0.25) is 5.91 Å². The molecule has 2 aliphatic heterocycles. The second kappa shape index (κ2) is 8.05. The van der Waals surface area contributed by atoms with Crippen LogP contribution in [0.4, 0.5) is 11.5 Å². The van der Waals surface area contributed by atoms with Crippen LogP contribution in [0.2, 0.25) is 0 Å². The average Bonchev–Trinajstić information content (AvgIpc) is 2.95. The van der Waals surface area contributed by atoms with E-state index in [0.717, 1.165) is 73.0 Å². The van der Waals surface area contributed by atoms with Crippen LogP contribution in [0.3, 0.4) is 0 Å². The topological polar surface area (TPSA) is 75.9 Å². The lowest BCUT2D eigenvalue weighted by atomic mass is 9.95. The number of aryl methyl sites for hydroxylation is 3. The van der Waals surface area contributed by atoms with E-state index in [4.69, 9.17) is 4.98 Å². The summed E-state index contributed by atoms with van der Waals surface area (Å²) in [7, 11) is 0. The maximum absolute atomic E-state index is 12.7. The third-order valence-corrected chi connectivity index (χ3v) is 6.32. The van der Waals surface area contributed by atoms with Gasteiger partial charge in [0.1, 0.15) is 12.2 Å². The predicted molar refractivity (Wildman–Crippen MR) is 118 cm³/mol. The molecule has 1 aromatic carbocycles. The van der Waals surface area contributed by atoms with E-state index >= 15 is 0 Å². The van der Waals surface area contributed by atoms with Crippen LogP contribution in [0.25, 0.3) is 11.2 Å². The first-order valence-electron chi connectivity index (χ1n) is 11.0. The van der Waals surface area contributed by atoms with E-state index in [-0.39, 0.29) is 11.8 Å². The Kier molecular flexibility index (Phi) is 5.11. The highest BCUT2D eigenvalue weighted by Crippen LogP contribution is 2.29. The Morgan fingerprint density at radius 3 is 2.80 bits per heavy atom. The van der Waals surface area contributed by atoms with Gasteiger partial charge in [0.05, 0.1) is 0 Å². The molecule has 0 saturated carbocycles. The van der Waals surface area contributed by atoms with Gasteiger partial charge in [-0.2, -0.15) is 0 Å². The summed E-state index contributed by atoms with van der Waals surface area (Å²) >= 11 is 0. The predicted octanol–water partition coefficient (Wildman–Crippen LogP) is 3.72. The van der Waals surface area contributed by atoms with Crippen LogP contribution in [0.15, 0.2) is 30.6 Å². The summed E-state index contributed by atoms with van der Waals surface area (Å²) in [5, 5.41) is 3.08. The van der Waals surface area contributed by atoms with Gasteiger partial charge < -0.3 is 14.8 Å². The molecule has 2 aliphatic rings. The molecule has 7 heteroatoms. The van der Waals surface area contributed by atoms with Crippen molar-refractivity contribution in [2.75, 3.05) is 23.3 Å². The van der Waals surface area contributed by atoms with Gasteiger partial charge >= 0.3 is 0 Å². The monoisotopic (exact) mass is 404 g/mol. The fraction of sp³-hybridized carbons (Fsp3) is 0.478. The molecule has 1 saturated heterocycles. The normalized spacial score (nSPS) is 17.6. The molecule has 156 valence electrons. The number of rotatable bonds is 3. The maximum Gasteiger partial charge on any atom is 0.227 e. The number of imidazole rings is 1. The van der Waals surface area contributed by atoms with Gasteiger partial charge in [-0.15, -0.1) is 0 Å². The van der Waals surface area contributed by atoms with Gasteiger partial charge in [0.15, 0.2) is 17.0 Å². The standard InChI is InChI=1S/C23H28N6O/c1-16-6-5-7-18(14-16)26-23(30)17-9-12-28(13-10-17)21-20-22(25-15-24-21)29-11-4-2-3-8-19(29)27-20/h5-7,14-15,17H,2-4,8-13H2,1H3,(H,26,30). The zero-order valence-electron chi connectivity index (χ0n) is 17.5. The minimum absolute atomic E-state index is 0.0257. The third kappa shape index (κ3) is 3.64. The number of piperidine rings is 1. The number of amides is 1. The zero-order valence-corrected chi connectivity index (χ0v) is 17.5. The highest BCUT2D eigenvalue weighted by atomic mass is 16.1.